The molecule has 0 aliphatic rings. The Morgan fingerprint density at radius 3 is 1.72 bits per heavy atom. The average molecular weight is 691 g/mol. The topological polar surface area (TPSA) is 56.7 Å². The standard InChI is InChI=1S/C49H30N4O/c1-3-16-32(17-4-1)47-50-48(33-18-5-2-6-19-33)52-49(51-47)40-27-12-24-37-36-22-9-10-28-41(36)53(45(37)40)42-29-14-30-43-44(42)39-26-13-25-38(46(39)54-43)35-23-11-20-31-15-7-8-21-34(31)35/h1-30H. The minimum Gasteiger partial charge on any atom is -0.455 e. The van der Waals surface area contributed by atoms with Gasteiger partial charge >= 0.3 is 0 Å². The molecule has 0 fully saturated rings. The highest BCUT2D eigenvalue weighted by atomic mass is 16.3. The highest BCUT2D eigenvalue weighted by molar-refractivity contribution is 6.18. The summed E-state index contributed by atoms with van der Waals surface area (Å²) in [5.74, 6) is 1.87. The van der Waals surface area contributed by atoms with Gasteiger partial charge in [0.1, 0.15) is 11.2 Å². The maximum Gasteiger partial charge on any atom is 0.166 e. The molecule has 0 bridgehead atoms. The molecule has 5 heteroatoms. The van der Waals surface area contributed by atoms with Crippen molar-refractivity contribution in [1.82, 2.24) is 19.5 Å². The lowest BCUT2D eigenvalue weighted by Crippen LogP contribution is -2.02. The lowest BCUT2D eigenvalue weighted by molar-refractivity contribution is 0.670. The Morgan fingerprint density at radius 2 is 0.944 bits per heavy atom. The quantitative estimate of drug-likeness (QED) is 0.180. The summed E-state index contributed by atoms with van der Waals surface area (Å²) in [7, 11) is 0. The maximum atomic E-state index is 6.85. The van der Waals surface area contributed by atoms with Crippen LogP contribution in [0.2, 0.25) is 0 Å². The number of aromatic nitrogens is 4. The fourth-order valence-corrected chi connectivity index (χ4v) is 8.07. The molecule has 0 N–H and O–H groups in total. The molecule has 0 amide bonds. The molecule has 252 valence electrons. The Bertz CT molecular complexity index is 3150. The van der Waals surface area contributed by atoms with E-state index in [2.05, 4.69) is 126 Å². The van der Waals surface area contributed by atoms with Crippen molar-refractivity contribution >= 4 is 54.5 Å². The summed E-state index contributed by atoms with van der Waals surface area (Å²) in [6, 6.07) is 63.1. The van der Waals surface area contributed by atoms with E-state index in [4.69, 9.17) is 19.4 Å². The molecule has 0 saturated heterocycles. The molecule has 3 heterocycles. The number of benzene rings is 8. The zero-order valence-electron chi connectivity index (χ0n) is 29.0. The third kappa shape index (κ3) is 4.69. The molecule has 0 aliphatic heterocycles. The first-order valence-corrected chi connectivity index (χ1v) is 18.1. The van der Waals surface area contributed by atoms with Gasteiger partial charge in [-0.2, -0.15) is 0 Å². The van der Waals surface area contributed by atoms with Gasteiger partial charge in [-0.15, -0.1) is 0 Å². The normalized spacial score (nSPS) is 11.7. The second kappa shape index (κ2) is 12.1. The molecule has 0 aliphatic carbocycles. The van der Waals surface area contributed by atoms with Crippen molar-refractivity contribution in [2.45, 2.75) is 0 Å². The molecule has 0 unspecified atom stereocenters. The summed E-state index contributed by atoms with van der Waals surface area (Å²) in [4.78, 5) is 15.3. The largest absolute Gasteiger partial charge is 0.455 e. The van der Waals surface area contributed by atoms with E-state index in [1.807, 2.05) is 60.7 Å². The molecule has 11 rings (SSSR count). The molecular weight excluding hydrogens is 661 g/mol. The minimum atomic E-state index is 0.611. The molecule has 8 aromatic carbocycles. The summed E-state index contributed by atoms with van der Waals surface area (Å²) in [6.45, 7) is 0. The van der Waals surface area contributed by atoms with Gasteiger partial charge in [0, 0.05) is 38.4 Å². The highest BCUT2D eigenvalue weighted by Gasteiger charge is 2.23. The Morgan fingerprint density at radius 1 is 0.389 bits per heavy atom. The van der Waals surface area contributed by atoms with Crippen molar-refractivity contribution in [3.8, 4) is 51.0 Å². The van der Waals surface area contributed by atoms with Crippen LogP contribution in [0.15, 0.2) is 186 Å². The van der Waals surface area contributed by atoms with E-state index in [1.165, 1.54) is 10.8 Å². The monoisotopic (exact) mass is 690 g/mol. The van der Waals surface area contributed by atoms with Gasteiger partial charge < -0.3 is 8.98 Å². The maximum absolute atomic E-state index is 6.85. The molecule has 3 aromatic heterocycles. The predicted octanol–water partition coefficient (Wildman–Crippen LogP) is 12.7. The molecule has 0 saturated carbocycles. The van der Waals surface area contributed by atoms with Crippen LogP contribution in [0.4, 0.5) is 0 Å². The second-order valence-corrected chi connectivity index (χ2v) is 13.6. The molecular formula is C49H30N4O. The number of nitrogens with zero attached hydrogens (tertiary/aromatic N) is 4. The van der Waals surface area contributed by atoms with Gasteiger partial charge in [0.05, 0.1) is 22.1 Å². The van der Waals surface area contributed by atoms with E-state index in [-0.39, 0.29) is 0 Å². The van der Waals surface area contributed by atoms with Crippen LogP contribution in [0, 0.1) is 0 Å². The number of hydrogen-bond acceptors (Lipinski definition) is 4. The highest BCUT2D eigenvalue weighted by Crippen LogP contribution is 2.44. The van der Waals surface area contributed by atoms with Gasteiger partial charge in [-0.1, -0.05) is 158 Å². The number of para-hydroxylation sites is 3. The third-order valence-electron chi connectivity index (χ3n) is 10.5. The van der Waals surface area contributed by atoms with E-state index in [0.29, 0.717) is 17.5 Å². The Hall–Kier alpha value is -7.37. The number of hydrogen-bond donors (Lipinski definition) is 0. The van der Waals surface area contributed by atoms with Crippen molar-refractivity contribution in [1.29, 1.82) is 0 Å². The van der Waals surface area contributed by atoms with Gasteiger partial charge in [-0.3, -0.25) is 0 Å². The molecule has 0 spiro atoms. The minimum absolute atomic E-state index is 0.611. The number of fused-ring (bicyclic) bond motifs is 7. The van der Waals surface area contributed by atoms with Crippen LogP contribution in [0.3, 0.4) is 0 Å². The smallest absolute Gasteiger partial charge is 0.166 e. The van der Waals surface area contributed by atoms with Crippen molar-refractivity contribution in [2.24, 2.45) is 0 Å². The van der Waals surface area contributed by atoms with E-state index in [0.717, 1.165) is 77.2 Å². The van der Waals surface area contributed by atoms with Crippen molar-refractivity contribution in [2.75, 3.05) is 0 Å². The average Bonchev–Trinajstić information content (AvgIpc) is 3.80. The molecule has 11 aromatic rings. The van der Waals surface area contributed by atoms with Gasteiger partial charge in [0.15, 0.2) is 17.5 Å². The van der Waals surface area contributed by atoms with Crippen LogP contribution in [0.1, 0.15) is 0 Å². The molecule has 0 atom stereocenters. The Labute approximate surface area is 310 Å². The lowest BCUT2D eigenvalue weighted by atomic mass is 9.96. The number of rotatable bonds is 5. The Balaban J connectivity index is 1.21. The lowest BCUT2D eigenvalue weighted by Gasteiger charge is -2.13. The summed E-state index contributed by atoms with van der Waals surface area (Å²) in [5.41, 5.74) is 9.85. The predicted molar refractivity (Wildman–Crippen MR) is 221 cm³/mol. The first-order valence-electron chi connectivity index (χ1n) is 18.1. The van der Waals surface area contributed by atoms with Crippen LogP contribution < -0.4 is 0 Å². The molecule has 54 heavy (non-hydrogen) atoms. The van der Waals surface area contributed by atoms with Crippen LogP contribution in [-0.2, 0) is 0 Å². The second-order valence-electron chi connectivity index (χ2n) is 13.6. The molecule has 0 radical (unpaired) electrons. The van der Waals surface area contributed by atoms with E-state index >= 15 is 0 Å². The van der Waals surface area contributed by atoms with Gasteiger partial charge in [0.25, 0.3) is 0 Å². The fraction of sp³-hybridized carbons (Fsp3) is 0. The summed E-state index contributed by atoms with van der Waals surface area (Å²) in [6.07, 6.45) is 0. The molecule has 5 nitrogen and oxygen atoms in total. The van der Waals surface area contributed by atoms with Crippen molar-refractivity contribution in [3.63, 3.8) is 0 Å². The number of furan rings is 1. The van der Waals surface area contributed by atoms with E-state index in [1.54, 1.807) is 0 Å². The zero-order valence-corrected chi connectivity index (χ0v) is 29.0. The fourth-order valence-electron chi connectivity index (χ4n) is 8.07. The Kier molecular flexibility index (Phi) is 6.79. The van der Waals surface area contributed by atoms with Gasteiger partial charge in [0.2, 0.25) is 0 Å². The van der Waals surface area contributed by atoms with Crippen molar-refractivity contribution < 1.29 is 4.42 Å². The summed E-state index contributed by atoms with van der Waals surface area (Å²) < 4.78 is 9.22. The zero-order chi connectivity index (χ0) is 35.6. The summed E-state index contributed by atoms with van der Waals surface area (Å²) in [5, 5.41) is 6.78. The third-order valence-corrected chi connectivity index (χ3v) is 10.5. The van der Waals surface area contributed by atoms with E-state index < -0.39 is 0 Å². The van der Waals surface area contributed by atoms with Crippen LogP contribution in [0.25, 0.3) is 105 Å². The van der Waals surface area contributed by atoms with Crippen LogP contribution >= 0.6 is 0 Å². The van der Waals surface area contributed by atoms with E-state index in [9.17, 15) is 0 Å². The SMILES string of the molecule is c1ccc(-c2nc(-c3ccccc3)nc(-c3cccc4c5ccccc5n(-c5cccc6oc7c(-c8cccc9ccccc89)cccc7c56)c34)n2)cc1. The first kappa shape index (κ1) is 30.3. The first-order chi connectivity index (χ1) is 26.8. The van der Waals surface area contributed by atoms with Crippen molar-refractivity contribution in [3.05, 3.63) is 182 Å². The van der Waals surface area contributed by atoms with Gasteiger partial charge in [-0.05, 0) is 40.6 Å². The van der Waals surface area contributed by atoms with Gasteiger partial charge in [-0.25, -0.2) is 15.0 Å². The summed E-state index contributed by atoms with van der Waals surface area (Å²) >= 11 is 0. The van der Waals surface area contributed by atoms with Crippen LogP contribution in [-0.4, -0.2) is 19.5 Å². The van der Waals surface area contributed by atoms with Crippen LogP contribution in [0.5, 0.6) is 0 Å².